The van der Waals surface area contributed by atoms with Gasteiger partial charge in [0.1, 0.15) is 0 Å². The highest BCUT2D eigenvalue weighted by Gasteiger charge is 2.54. The van der Waals surface area contributed by atoms with Crippen LogP contribution in [-0.2, 0) is 17.8 Å². The van der Waals surface area contributed by atoms with Gasteiger partial charge in [-0.3, -0.25) is 9.59 Å². The summed E-state index contributed by atoms with van der Waals surface area (Å²) in [5, 5.41) is 6.38. The zero-order valence-corrected chi connectivity index (χ0v) is 21.7. The zero-order chi connectivity index (χ0) is 24.9. The highest BCUT2D eigenvalue weighted by Crippen LogP contribution is 2.60. The molecule has 1 aliphatic heterocycles. The third-order valence-corrected chi connectivity index (χ3v) is 9.16. The Balaban J connectivity index is 1.26. The molecule has 2 aromatic rings. The van der Waals surface area contributed by atoms with Crippen LogP contribution in [0.15, 0.2) is 42.5 Å². The molecule has 2 aromatic carbocycles. The number of hydrogen-bond donors (Lipinski definition) is 2. The minimum absolute atomic E-state index is 0.0662. The van der Waals surface area contributed by atoms with Crippen molar-refractivity contribution in [2.24, 2.45) is 29.1 Å². The molecule has 5 heteroatoms. The number of carbonyl (C=O) groups excluding carboxylic acids is 2. The number of nitrogens with one attached hydrogen (secondary N) is 2. The van der Waals surface area contributed by atoms with E-state index >= 15 is 0 Å². The van der Waals surface area contributed by atoms with Crippen molar-refractivity contribution in [2.75, 3.05) is 23.3 Å². The van der Waals surface area contributed by atoms with E-state index in [4.69, 9.17) is 0 Å². The molecule has 0 unspecified atom stereocenters. The van der Waals surface area contributed by atoms with E-state index < -0.39 is 0 Å². The van der Waals surface area contributed by atoms with Gasteiger partial charge in [0.2, 0.25) is 5.91 Å². The Morgan fingerprint density at radius 2 is 1.64 bits per heavy atom. The van der Waals surface area contributed by atoms with Gasteiger partial charge in [-0.15, -0.1) is 0 Å². The zero-order valence-electron chi connectivity index (χ0n) is 21.7. The highest BCUT2D eigenvalue weighted by atomic mass is 16.2. The number of nitrogens with zero attached hydrogens (tertiary/aromatic N) is 1. The van der Waals surface area contributed by atoms with Gasteiger partial charge >= 0.3 is 0 Å². The highest BCUT2D eigenvalue weighted by molar-refractivity contribution is 6.03. The fourth-order valence-corrected chi connectivity index (χ4v) is 7.82. The predicted octanol–water partition coefficient (Wildman–Crippen LogP) is 5.79. The van der Waals surface area contributed by atoms with Crippen molar-refractivity contribution < 1.29 is 9.59 Å². The van der Waals surface area contributed by atoms with Gasteiger partial charge < -0.3 is 15.5 Å². The van der Waals surface area contributed by atoms with Crippen LogP contribution in [0.1, 0.15) is 73.9 Å². The molecule has 36 heavy (non-hydrogen) atoms. The van der Waals surface area contributed by atoms with Crippen molar-refractivity contribution >= 4 is 23.2 Å². The second-order valence-corrected chi connectivity index (χ2v) is 12.4. The largest absolute Gasteiger partial charge is 0.366 e. The van der Waals surface area contributed by atoms with Gasteiger partial charge in [0.05, 0.1) is 11.0 Å². The van der Waals surface area contributed by atoms with E-state index in [9.17, 15) is 9.59 Å². The molecular weight excluding hydrogens is 446 g/mol. The van der Waals surface area contributed by atoms with E-state index in [0.29, 0.717) is 18.0 Å². The molecule has 5 aliphatic rings. The summed E-state index contributed by atoms with van der Waals surface area (Å²) in [6, 6.07) is 14.5. The van der Waals surface area contributed by atoms with E-state index in [2.05, 4.69) is 53.6 Å². The smallest absolute Gasteiger partial charge is 0.253 e. The number of fused-ring (bicyclic) bond motifs is 1. The molecular formula is C31H39N3O2. The summed E-state index contributed by atoms with van der Waals surface area (Å²) in [7, 11) is 0. The maximum Gasteiger partial charge on any atom is 0.253 e. The van der Waals surface area contributed by atoms with Crippen LogP contribution < -0.4 is 15.5 Å². The van der Waals surface area contributed by atoms with Gasteiger partial charge in [-0.05, 0) is 97.9 Å². The van der Waals surface area contributed by atoms with Crippen LogP contribution in [0.2, 0.25) is 0 Å². The van der Waals surface area contributed by atoms with Gasteiger partial charge in [-0.25, -0.2) is 0 Å². The van der Waals surface area contributed by atoms with Crippen LogP contribution in [0.4, 0.5) is 11.4 Å². The van der Waals surface area contributed by atoms with Crippen molar-refractivity contribution in [1.29, 1.82) is 0 Å². The quantitative estimate of drug-likeness (QED) is 0.544. The molecule has 190 valence electrons. The summed E-state index contributed by atoms with van der Waals surface area (Å²) in [6.07, 6.45) is 8.04. The fourth-order valence-electron chi connectivity index (χ4n) is 7.82. The van der Waals surface area contributed by atoms with Gasteiger partial charge in [-0.2, -0.15) is 0 Å². The number of rotatable bonds is 6. The third-order valence-electron chi connectivity index (χ3n) is 9.16. The standard InChI is InChI=1S/C31H39N3O2/c1-20(2)18-32-29(35)27-14-26(7-8-28(27)34-10-9-24-5-3-4-6-25(24)19-34)33-30(36)31-15-21-11-22(16-31)13-23(12-21)17-31/h3-8,14,20-23H,9-13,15-19H2,1-2H3,(H,32,35)(H,33,36). The van der Waals surface area contributed by atoms with Crippen molar-refractivity contribution in [3.63, 3.8) is 0 Å². The molecule has 0 spiro atoms. The molecule has 4 saturated carbocycles. The van der Waals surface area contributed by atoms with E-state index in [-0.39, 0.29) is 17.2 Å². The first-order valence-electron chi connectivity index (χ1n) is 13.9. The van der Waals surface area contributed by atoms with Crippen LogP contribution in [0.25, 0.3) is 0 Å². The lowest BCUT2D eigenvalue weighted by atomic mass is 9.49. The van der Waals surface area contributed by atoms with Crippen LogP contribution in [-0.4, -0.2) is 24.9 Å². The molecule has 0 radical (unpaired) electrons. The first-order valence-corrected chi connectivity index (χ1v) is 13.9. The van der Waals surface area contributed by atoms with Gasteiger partial charge in [0.15, 0.2) is 0 Å². The average Bonchev–Trinajstić information content (AvgIpc) is 2.86. The minimum Gasteiger partial charge on any atom is -0.366 e. The molecule has 4 fully saturated rings. The molecule has 7 rings (SSSR count). The summed E-state index contributed by atoms with van der Waals surface area (Å²) >= 11 is 0. The summed E-state index contributed by atoms with van der Waals surface area (Å²) in [4.78, 5) is 29.3. The molecule has 4 bridgehead atoms. The molecule has 5 nitrogen and oxygen atoms in total. The van der Waals surface area contributed by atoms with Gasteiger partial charge in [-0.1, -0.05) is 38.1 Å². The maximum absolute atomic E-state index is 13.7. The normalized spacial score (nSPS) is 28.2. The van der Waals surface area contributed by atoms with E-state index in [0.717, 1.165) is 67.9 Å². The SMILES string of the molecule is CC(C)CNC(=O)c1cc(NC(=O)C23CC4CC(CC(C4)C2)C3)ccc1N1CCc2ccccc2C1. The Kier molecular flexibility index (Phi) is 6.05. The van der Waals surface area contributed by atoms with Crippen molar-refractivity contribution in [3.8, 4) is 0 Å². The van der Waals surface area contributed by atoms with Gasteiger partial charge in [0, 0.05) is 31.0 Å². The lowest BCUT2D eigenvalue weighted by Crippen LogP contribution is -2.51. The van der Waals surface area contributed by atoms with E-state index in [1.54, 1.807) is 0 Å². The summed E-state index contributed by atoms with van der Waals surface area (Å²) < 4.78 is 0. The second kappa shape index (κ2) is 9.24. The van der Waals surface area contributed by atoms with Crippen LogP contribution in [0.3, 0.4) is 0 Å². The van der Waals surface area contributed by atoms with E-state index in [1.165, 1.54) is 30.4 Å². The van der Waals surface area contributed by atoms with Crippen LogP contribution in [0.5, 0.6) is 0 Å². The summed E-state index contributed by atoms with van der Waals surface area (Å²) in [5.41, 5.74) is 4.84. The Labute approximate surface area is 215 Å². The first-order chi connectivity index (χ1) is 17.4. The Bertz CT molecular complexity index is 1130. The number of amides is 2. The number of carbonyl (C=O) groups is 2. The average molecular weight is 486 g/mol. The van der Waals surface area contributed by atoms with Crippen molar-refractivity contribution in [3.05, 3.63) is 59.2 Å². The monoisotopic (exact) mass is 485 g/mol. The predicted molar refractivity (Wildman–Crippen MR) is 144 cm³/mol. The maximum atomic E-state index is 13.7. The molecule has 0 saturated heterocycles. The third kappa shape index (κ3) is 4.42. The Morgan fingerprint density at radius 1 is 0.972 bits per heavy atom. The van der Waals surface area contributed by atoms with Crippen LogP contribution in [0, 0.1) is 29.1 Å². The Hall–Kier alpha value is -2.82. The molecule has 0 aromatic heterocycles. The molecule has 0 atom stereocenters. The molecule has 2 amide bonds. The topological polar surface area (TPSA) is 61.4 Å². The molecule has 2 N–H and O–H groups in total. The number of hydrogen-bond acceptors (Lipinski definition) is 3. The van der Waals surface area contributed by atoms with Gasteiger partial charge in [0.25, 0.3) is 5.91 Å². The van der Waals surface area contributed by atoms with E-state index in [1.807, 2.05) is 18.2 Å². The Morgan fingerprint density at radius 3 is 2.31 bits per heavy atom. The lowest BCUT2D eigenvalue weighted by Gasteiger charge is -2.55. The number of benzene rings is 2. The minimum atomic E-state index is -0.204. The fraction of sp³-hybridized carbons (Fsp3) is 0.548. The van der Waals surface area contributed by atoms with Crippen LogP contribution >= 0.6 is 0 Å². The molecule has 1 heterocycles. The van der Waals surface area contributed by atoms with Crippen molar-refractivity contribution in [1.82, 2.24) is 5.32 Å². The van der Waals surface area contributed by atoms with Crippen molar-refractivity contribution in [2.45, 2.75) is 65.3 Å². The summed E-state index contributed by atoms with van der Waals surface area (Å²) in [6.45, 7) is 6.50. The second-order valence-electron chi connectivity index (χ2n) is 12.4. The first kappa shape index (κ1) is 23.6. The lowest BCUT2D eigenvalue weighted by molar-refractivity contribution is -0.140. The summed E-state index contributed by atoms with van der Waals surface area (Å²) in [5.74, 6) is 2.66. The number of anilines is 2. The molecule has 4 aliphatic carbocycles.